The van der Waals surface area contributed by atoms with Gasteiger partial charge in [-0.25, -0.2) is 9.97 Å². The summed E-state index contributed by atoms with van der Waals surface area (Å²) in [5, 5.41) is 3.73. The number of fused-ring (bicyclic) bond motifs is 1. The number of carbonyl (C=O) groups is 2. The van der Waals surface area contributed by atoms with Gasteiger partial charge in [0, 0.05) is 34.9 Å². The second-order valence-corrected chi connectivity index (χ2v) is 7.97. The summed E-state index contributed by atoms with van der Waals surface area (Å²) in [7, 11) is 0. The Morgan fingerprint density at radius 3 is 2.75 bits per heavy atom. The van der Waals surface area contributed by atoms with Crippen molar-refractivity contribution >= 4 is 29.4 Å². The number of piperidine rings is 1. The SMILES string of the molecule is O=C(/C=C/c1cncnc1)C1C(=O)NC2CCCCC2C1c1cccc(Cl)c1. The minimum Gasteiger partial charge on any atom is -0.352 e. The number of nitrogens with one attached hydrogen (secondary N) is 1. The molecular formula is C22H22ClN3O2. The van der Waals surface area contributed by atoms with Crippen molar-refractivity contribution in [2.45, 2.75) is 37.6 Å². The number of rotatable bonds is 4. The molecule has 2 aromatic rings. The summed E-state index contributed by atoms with van der Waals surface area (Å²) in [4.78, 5) is 33.9. The van der Waals surface area contributed by atoms with Gasteiger partial charge in [0.25, 0.3) is 0 Å². The zero-order chi connectivity index (χ0) is 19.5. The molecule has 0 radical (unpaired) electrons. The number of halogens is 1. The zero-order valence-electron chi connectivity index (χ0n) is 15.4. The van der Waals surface area contributed by atoms with E-state index in [4.69, 9.17) is 11.6 Å². The monoisotopic (exact) mass is 395 g/mol. The van der Waals surface area contributed by atoms with Gasteiger partial charge in [-0.1, -0.05) is 36.6 Å². The lowest BCUT2D eigenvalue weighted by Crippen LogP contribution is -2.56. The largest absolute Gasteiger partial charge is 0.352 e. The Balaban J connectivity index is 1.68. The Morgan fingerprint density at radius 1 is 1.18 bits per heavy atom. The highest BCUT2D eigenvalue weighted by atomic mass is 35.5. The minimum atomic E-state index is -0.751. The lowest BCUT2D eigenvalue weighted by atomic mass is 9.64. The topological polar surface area (TPSA) is 72.0 Å². The van der Waals surface area contributed by atoms with Crippen LogP contribution in [0.5, 0.6) is 0 Å². The molecule has 2 heterocycles. The second-order valence-electron chi connectivity index (χ2n) is 7.53. The van der Waals surface area contributed by atoms with Gasteiger partial charge in [-0.05, 0) is 48.6 Å². The lowest BCUT2D eigenvalue weighted by Gasteiger charge is -2.45. The highest BCUT2D eigenvalue weighted by molar-refractivity contribution is 6.30. The molecule has 6 heteroatoms. The number of nitrogens with zero attached hydrogens (tertiary/aromatic N) is 2. The van der Waals surface area contributed by atoms with Crippen LogP contribution >= 0.6 is 11.6 Å². The first-order valence-electron chi connectivity index (χ1n) is 9.66. The van der Waals surface area contributed by atoms with E-state index in [1.807, 2.05) is 24.3 Å². The minimum absolute atomic E-state index is 0.126. The fourth-order valence-corrected chi connectivity index (χ4v) is 4.79. The molecule has 2 aliphatic rings. The molecule has 1 aromatic heterocycles. The number of benzene rings is 1. The normalized spacial score (nSPS) is 27.2. The predicted octanol–water partition coefficient (Wildman–Crippen LogP) is 3.80. The van der Waals surface area contributed by atoms with Crippen LogP contribution in [-0.4, -0.2) is 27.7 Å². The number of allylic oxidation sites excluding steroid dienone is 1. The van der Waals surface area contributed by atoms with Crippen molar-refractivity contribution in [1.29, 1.82) is 0 Å². The molecule has 4 unspecified atom stereocenters. The van der Waals surface area contributed by atoms with Gasteiger partial charge in [-0.2, -0.15) is 0 Å². The standard InChI is InChI=1S/C22H22ClN3O2/c23-16-5-3-4-15(10-16)20-17-6-1-2-7-18(17)26-22(28)21(20)19(27)9-8-14-11-24-13-25-12-14/h3-5,8-13,17-18,20-21H,1-2,6-7H2,(H,26,28)/b9-8+. The highest BCUT2D eigenvalue weighted by Gasteiger charge is 2.47. The van der Waals surface area contributed by atoms with Crippen molar-refractivity contribution in [2.75, 3.05) is 0 Å². The molecule has 0 bridgehead atoms. The summed E-state index contributed by atoms with van der Waals surface area (Å²) in [6, 6.07) is 7.71. The van der Waals surface area contributed by atoms with Crippen LogP contribution in [0, 0.1) is 11.8 Å². The second kappa shape index (κ2) is 8.23. The molecule has 144 valence electrons. The molecule has 5 nitrogen and oxygen atoms in total. The average molecular weight is 396 g/mol. The molecular weight excluding hydrogens is 374 g/mol. The molecule has 1 saturated carbocycles. The Labute approximate surface area is 169 Å². The van der Waals surface area contributed by atoms with Crippen LogP contribution in [-0.2, 0) is 9.59 Å². The quantitative estimate of drug-likeness (QED) is 0.631. The number of ketones is 1. The molecule has 4 rings (SSSR count). The highest BCUT2D eigenvalue weighted by Crippen LogP contribution is 2.44. The Bertz CT molecular complexity index is 900. The molecule has 1 amide bonds. The van der Waals surface area contributed by atoms with Gasteiger partial charge in [-0.3, -0.25) is 9.59 Å². The van der Waals surface area contributed by atoms with Crippen LogP contribution in [0.15, 0.2) is 49.1 Å². The summed E-state index contributed by atoms with van der Waals surface area (Å²) in [5.74, 6) is -1.06. The van der Waals surface area contributed by atoms with Crippen LogP contribution in [0.2, 0.25) is 5.02 Å². The van der Waals surface area contributed by atoms with Crippen LogP contribution in [0.3, 0.4) is 0 Å². The van der Waals surface area contributed by atoms with E-state index >= 15 is 0 Å². The lowest BCUT2D eigenvalue weighted by molar-refractivity contribution is -0.137. The molecule has 2 fully saturated rings. The van der Waals surface area contributed by atoms with Gasteiger partial charge in [0.1, 0.15) is 12.2 Å². The molecule has 1 aliphatic heterocycles. The molecule has 28 heavy (non-hydrogen) atoms. The molecule has 1 saturated heterocycles. The summed E-state index contributed by atoms with van der Waals surface area (Å²) in [5.41, 5.74) is 1.69. The van der Waals surface area contributed by atoms with Gasteiger partial charge < -0.3 is 5.32 Å². The van der Waals surface area contributed by atoms with Crippen molar-refractivity contribution in [3.8, 4) is 0 Å². The first-order chi connectivity index (χ1) is 13.6. The number of hydrogen-bond acceptors (Lipinski definition) is 4. The van der Waals surface area contributed by atoms with Gasteiger partial charge >= 0.3 is 0 Å². The Hall–Kier alpha value is -2.53. The first-order valence-corrected chi connectivity index (χ1v) is 10.0. The van der Waals surface area contributed by atoms with Gasteiger partial charge in [0.2, 0.25) is 5.91 Å². The van der Waals surface area contributed by atoms with Crippen LogP contribution < -0.4 is 5.32 Å². The molecule has 0 spiro atoms. The summed E-state index contributed by atoms with van der Waals surface area (Å²) in [6.45, 7) is 0. The van der Waals surface area contributed by atoms with Gasteiger partial charge in [-0.15, -0.1) is 0 Å². The molecule has 1 N–H and O–H groups in total. The van der Waals surface area contributed by atoms with Gasteiger partial charge in [0.15, 0.2) is 5.78 Å². The van der Waals surface area contributed by atoms with Crippen molar-refractivity contribution < 1.29 is 9.59 Å². The fraction of sp³-hybridized carbons (Fsp3) is 0.364. The van der Waals surface area contributed by atoms with Crippen molar-refractivity contribution in [1.82, 2.24) is 15.3 Å². The van der Waals surface area contributed by atoms with E-state index in [-0.39, 0.29) is 29.6 Å². The average Bonchev–Trinajstić information content (AvgIpc) is 2.71. The summed E-state index contributed by atoms with van der Waals surface area (Å²) in [6.07, 6.45) is 12.0. The van der Waals surface area contributed by atoms with Crippen molar-refractivity contribution in [3.63, 3.8) is 0 Å². The third-order valence-corrected chi connectivity index (χ3v) is 6.05. The Morgan fingerprint density at radius 2 is 1.96 bits per heavy atom. The van der Waals surface area contributed by atoms with E-state index in [1.54, 1.807) is 18.5 Å². The maximum absolute atomic E-state index is 13.1. The summed E-state index contributed by atoms with van der Waals surface area (Å²) >= 11 is 6.23. The van der Waals surface area contributed by atoms with E-state index in [9.17, 15) is 9.59 Å². The van der Waals surface area contributed by atoms with Gasteiger partial charge in [0.05, 0.1) is 0 Å². The smallest absolute Gasteiger partial charge is 0.231 e. The van der Waals surface area contributed by atoms with E-state index in [0.29, 0.717) is 5.02 Å². The predicted molar refractivity (Wildman–Crippen MR) is 108 cm³/mol. The third kappa shape index (κ3) is 3.85. The molecule has 1 aliphatic carbocycles. The van der Waals surface area contributed by atoms with E-state index in [0.717, 1.165) is 36.8 Å². The van der Waals surface area contributed by atoms with Crippen molar-refractivity contribution in [2.24, 2.45) is 11.8 Å². The van der Waals surface area contributed by atoms with E-state index in [2.05, 4.69) is 15.3 Å². The molecule has 4 atom stereocenters. The maximum Gasteiger partial charge on any atom is 0.231 e. The van der Waals surface area contributed by atoms with Crippen LogP contribution in [0.25, 0.3) is 6.08 Å². The first kappa shape index (κ1) is 18.8. The van der Waals surface area contributed by atoms with Crippen molar-refractivity contribution in [3.05, 3.63) is 65.2 Å². The number of carbonyl (C=O) groups excluding carboxylic acids is 2. The van der Waals surface area contributed by atoms with E-state index < -0.39 is 5.92 Å². The van der Waals surface area contributed by atoms with E-state index in [1.165, 1.54) is 12.4 Å². The molecule has 1 aromatic carbocycles. The summed E-state index contributed by atoms with van der Waals surface area (Å²) < 4.78 is 0. The number of amides is 1. The number of aromatic nitrogens is 2. The third-order valence-electron chi connectivity index (χ3n) is 5.81. The zero-order valence-corrected chi connectivity index (χ0v) is 16.2. The van der Waals surface area contributed by atoms with Crippen LogP contribution in [0.4, 0.5) is 0 Å². The Kier molecular flexibility index (Phi) is 5.53. The fourth-order valence-electron chi connectivity index (χ4n) is 4.59. The maximum atomic E-state index is 13.1. The number of hydrogen-bond donors (Lipinski definition) is 1. The van der Waals surface area contributed by atoms with Crippen LogP contribution in [0.1, 0.15) is 42.7 Å².